The average molecular weight is 462 g/mol. The highest BCUT2D eigenvalue weighted by Gasteiger charge is 2.32. The van der Waals surface area contributed by atoms with Crippen molar-refractivity contribution in [2.24, 2.45) is 16.8 Å². The Hall–Kier alpha value is -3.00. The van der Waals surface area contributed by atoms with E-state index in [-0.39, 0.29) is 5.92 Å². The lowest BCUT2D eigenvalue weighted by Gasteiger charge is -2.26. The topological polar surface area (TPSA) is 79.7 Å². The van der Waals surface area contributed by atoms with Crippen molar-refractivity contribution in [1.82, 2.24) is 14.9 Å². The quantitative estimate of drug-likeness (QED) is 0.590. The van der Waals surface area contributed by atoms with Crippen LogP contribution in [0.3, 0.4) is 0 Å². The van der Waals surface area contributed by atoms with E-state index in [4.69, 9.17) is 4.74 Å². The Morgan fingerprint density at radius 2 is 2.15 bits per heavy atom. The molecule has 8 heteroatoms. The van der Waals surface area contributed by atoms with Crippen molar-refractivity contribution >= 4 is 45.2 Å². The highest BCUT2D eigenvalue weighted by molar-refractivity contribution is 7.19. The Kier molecular flexibility index (Phi) is 5.05. The van der Waals surface area contributed by atoms with E-state index < -0.39 is 0 Å². The van der Waals surface area contributed by atoms with Crippen molar-refractivity contribution in [3.8, 4) is 5.75 Å². The van der Waals surface area contributed by atoms with Crippen LogP contribution < -0.4 is 10.1 Å². The van der Waals surface area contributed by atoms with Crippen LogP contribution in [-0.2, 0) is 24.2 Å². The number of hydrogen-bond acceptors (Lipinski definition) is 7. The predicted octanol–water partition coefficient (Wildman–Crippen LogP) is 4.35. The third-order valence-corrected chi connectivity index (χ3v) is 8.17. The molecular weight excluding hydrogens is 434 g/mol. The van der Waals surface area contributed by atoms with Gasteiger partial charge in [-0.1, -0.05) is 0 Å². The van der Waals surface area contributed by atoms with Crippen LogP contribution in [0, 0.1) is 11.8 Å². The second kappa shape index (κ2) is 8.09. The molecule has 0 radical (unpaired) electrons. The number of carbonyl (C=O) groups excluding carboxylic acids is 1. The molecule has 1 N–H and O–H groups in total. The zero-order chi connectivity index (χ0) is 22.5. The maximum Gasteiger partial charge on any atom is 0.225 e. The molecule has 1 unspecified atom stereocenters. The van der Waals surface area contributed by atoms with Gasteiger partial charge >= 0.3 is 0 Å². The molecule has 1 aliphatic heterocycles. The number of aliphatic imine (C=N–C) groups is 1. The molecule has 0 spiro atoms. The molecule has 6 rings (SSSR count). The molecule has 1 saturated carbocycles. The Bertz CT molecular complexity index is 1280. The summed E-state index contributed by atoms with van der Waals surface area (Å²) in [5.74, 6) is 2.64. The van der Waals surface area contributed by atoms with Crippen LogP contribution in [-0.4, -0.2) is 47.7 Å². The molecule has 1 fully saturated rings. The van der Waals surface area contributed by atoms with E-state index in [0.717, 1.165) is 58.8 Å². The van der Waals surface area contributed by atoms with Crippen molar-refractivity contribution in [2.45, 2.75) is 38.6 Å². The van der Waals surface area contributed by atoms with Gasteiger partial charge in [0.25, 0.3) is 0 Å². The van der Waals surface area contributed by atoms with Crippen LogP contribution >= 0.6 is 11.3 Å². The van der Waals surface area contributed by atoms with E-state index in [0.29, 0.717) is 18.4 Å². The van der Waals surface area contributed by atoms with Crippen LogP contribution in [0.4, 0.5) is 11.5 Å². The number of amides is 1. The van der Waals surface area contributed by atoms with Gasteiger partial charge in [-0.3, -0.25) is 9.79 Å². The number of carbonyl (C=O) groups is 1. The average Bonchev–Trinajstić information content (AvgIpc) is 3.38. The number of hydrogen-bond donors (Lipinski definition) is 1. The summed E-state index contributed by atoms with van der Waals surface area (Å²) in [6.07, 6.45) is 8.58. The van der Waals surface area contributed by atoms with Gasteiger partial charge in [-0.15, -0.1) is 11.3 Å². The maximum absolute atomic E-state index is 13.0. The van der Waals surface area contributed by atoms with Gasteiger partial charge in [0.1, 0.15) is 22.7 Å². The van der Waals surface area contributed by atoms with Crippen molar-refractivity contribution in [1.29, 1.82) is 0 Å². The molecule has 3 aromatic rings. The predicted molar refractivity (Wildman–Crippen MR) is 131 cm³/mol. The summed E-state index contributed by atoms with van der Waals surface area (Å²) in [4.78, 5) is 30.7. The Balaban J connectivity index is 1.30. The molecule has 3 heterocycles. The fourth-order valence-corrected chi connectivity index (χ4v) is 6.30. The maximum atomic E-state index is 13.0. The first kappa shape index (κ1) is 20.6. The fourth-order valence-electron chi connectivity index (χ4n) is 5.04. The minimum Gasteiger partial charge on any atom is -0.495 e. The smallest absolute Gasteiger partial charge is 0.225 e. The lowest BCUT2D eigenvalue weighted by Crippen LogP contribution is -2.36. The van der Waals surface area contributed by atoms with E-state index in [2.05, 4.69) is 26.3 Å². The van der Waals surface area contributed by atoms with Crippen molar-refractivity contribution in [3.63, 3.8) is 0 Å². The molecule has 2 aromatic heterocycles. The lowest BCUT2D eigenvalue weighted by molar-refractivity contribution is -0.134. The number of benzene rings is 1. The number of methoxy groups -OCH3 is 1. The number of nitrogens with zero attached hydrogens (tertiary/aromatic N) is 4. The molecule has 0 bridgehead atoms. The summed E-state index contributed by atoms with van der Waals surface area (Å²) >= 11 is 1.70. The summed E-state index contributed by atoms with van der Waals surface area (Å²) in [5.41, 5.74) is 4.43. The number of nitrogens with one attached hydrogen (secondary N) is 1. The third-order valence-electron chi connectivity index (χ3n) is 7.01. The molecule has 1 aromatic carbocycles. The number of fused-ring (bicyclic) bond motifs is 4. The number of rotatable bonds is 6. The Morgan fingerprint density at radius 3 is 2.97 bits per heavy atom. The van der Waals surface area contributed by atoms with Gasteiger partial charge in [0.2, 0.25) is 5.91 Å². The van der Waals surface area contributed by atoms with E-state index in [1.807, 2.05) is 24.2 Å². The van der Waals surface area contributed by atoms with E-state index in [1.165, 1.54) is 28.8 Å². The molecule has 170 valence electrons. The summed E-state index contributed by atoms with van der Waals surface area (Å²) in [6, 6.07) is 4.11. The van der Waals surface area contributed by atoms with Gasteiger partial charge in [-0.05, 0) is 66.8 Å². The number of ether oxygens (including phenoxy) is 1. The summed E-state index contributed by atoms with van der Waals surface area (Å²) in [7, 11) is 3.64. The van der Waals surface area contributed by atoms with Crippen molar-refractivity contribution in [3.05, 3.63) is 40.0 Å². The first-order valence-corrected chi connectivity index (χ1v) is 12.4. The molecule has 33 heavy (non-hydrogen) atoms. The Morgan fingerprint density at radius 1 is 1.27 bits per heavy atom. The van der Waals surface area contributed by atoms with Crippen LogP contribution in [0.25, 0.3) is 10.2 Å². The standard InChI is InChI=1S/C25H27N5O2S/c1-30(12-14-3-4-14)25(31)15-5-6-18-21(9-15)33-24-22(18)23(27-13-28-24)29-19-7-16-10-26-11-17(16)8-20(19)32-2/h7-8,10,13-15H,3-6,9,11-12H2,1-2H3,(H,27,28,29). The molecule has 1 amide bonds. The van der Waals surface area contributed by atoms with Gasteiger partial charge in [-0.25, -0.2) is 9.97 Å². The highest BCUT2D eigenvalue weighted by atomic mass is 32.1. The normalized spacial score (nSPS) is 18.8. The van der Waals surface area contributed by atoms with E-state index in [9.17, 15) is 4.79 Å². The van der Waals surface area contributed by atoms with Gasteiger partial charge < -0.3 is 15.0 Å². The highest BCUT2D eigenvalue weighted by Crippen LogP contribution is 2.42. The number of aromatic nitrogens is 2. The first-order chi connectivity index (χ1) is 16.1. The second-order valence-corrected chi connectivity index (χ2v) is 10.4. The minimum absolute atomic E-state index is 0.0646. The van der Waals surface area contributed by atoms with E-state index in [1.54, 1.807) is 24.8 Å². The summed E-state index contributed by atoms with van der Waals surface area (Å²) < 4.78 is 5.64. The van der Waals surface area contributed by atoms with Crippen molar-refractivity contribution in [2.75, 3.05) is 26.0 Å². The number of thiophene rings is 1. The van der Waals surface area contributed by atoms with Crippen molar-refractivity contribution < 1.29 is 9.53 Å². The monoisotopic (exact) mass is 461 g/mol. The molecule has 2 aliphatic carbocycles. The Labute approximate surface area is 196 Å². The van der Waals surface area contributed by atoms with Gasteiger partial charge in [0, 0.05) is 30.6 Å². The fraction of sp³-hybridized carbons (Fsp3) is 0.440. The second-order valence-electron chi connectivity index (χ2n) is 9.35. The number of aryl methyl sites for hydroxylation is 1. The SMILES string of the molecule is COc1cc2c(cc1Nc1ncnc3sc4c(c13)CCC(C(=O)N(C)CC1CC1)C4)C=NC2. The van der Waals surface area contributed by atoms with Gasteiger partial charge in [-0.2, -0.15) is 0 Å². The zero-order valence-electron chi connectivity index (χ0n) is 18.9. The van der Waals surface area contributed by atoms with Gasteiger partial charge in [0.15, 0.2) is 0 Å². The first-order valence-electron chi connectivity index (χ1n) is 11.6. The summed E-state index contributed by atoms with van der Waals surface area (Å²) in [6.45, 7) is 1.60. The lowest BCUT2D eigenvalue weighted by atomic mass is 9.87. The zero-order valence-corrected chi connectivity index (χ0v) is 19.7. The van der Waals surface area contributed by atoms with Crippen LogP contribution in [0.1, 0.15) is 40.8 Å². The molecule has 1 atom stereocenters. The largest absolute Gasteiger partial charge is 0.495 e. The minimum atomic E-state index is 0.0646. The molecule has 0 saturated heterocycles. The van der Waals surface area contributed by atoms with Crippen LogP contribution in [0.15, 0.2) is 23.5 Å². The molecule has 3 aliphatic rings. The van der Waals surface area contributed by atoms with Gasteiger partial charge in [0.05, 0.1) is 24.7 Å². The number of anilines is 2. The molecule has 7 nitrogen and oxygen atoms in total. The van der Waals surface area contributed by atoms with Crippen LogP contribution in [0.2, 0.25) is 0 Å². The summed E-state index contributed by atoms with van der Waals surface area (Å²) in [5, 5.41) is 4.58. The molecular formula is C25H27N5O2S. The third kappa shape index (κ3) is 3.76. The van der Waals surface area contributed by atoms with E-state index >= 15 is 0 Å². The van der Waals surface area contributed by atoms with Crippen LogP contribution in [0.5, 0.6) is 5.75 Å².